The fraction of sp³-hybridized carbons (Fsp3) is 0.286. The largest absolute Gasteiger partial charge is 0.354 e. The predicted molar refractivity (Wildman–Crippen MR) is 102 cm³/mol. The number of hydrogen-bond donors (Lipinski definition) is 3. The van der Waals surface area contributed by atoms with E-state index >= 15 is 0 Å². The van der Waals surface area contributed by atoms with Crippen LogP contribution in [-0.4, -0.2) is 36.3 Å². The Morgan fingerprint density at radius 2 is 1.70 bits per heavy atom. The molecule has 27 heavy (non-hydrogen) atoms. The molecule has 140 valence electrons. The van der Waals surface area contributed by atoms with E-state index in [9.17, 15) is 14.4 Å². The van der Waals surface area contributed by atoms with Crippen molar-refractivity contribution in [1.29, 1.82) is 0 Å². The summed E-state index contributed by atoms with van der Waals surface area (Å²) in [5.41, 5.74) is 1.41. The minimum atomic E-state index is -0.769. The summed E-state index contributed by atoms with van der Waals surface area (Å²) in [5, 5.41) is 8.34. The number of nitrogens with one attached hydrogen (secondary N) is 3. The van der Waals surface area contributed by atoms with Crippen molar-refractivity contribution in [3.8, 4) is 0 Å². The van der Waals surface area contributed by atoms with Gasteiger partial charge in [-0.2, -0.15) is 0 Å². The third kappa shape index (κ3) is 5.17. The Kier molecular flexibility index (Phi) is 6.20. The van der Waals surface area contributed by atoms with E-state index in [1.807, 2.05) is 36.4 Å². The van der Waals surface area contributed by atoms with Crippen molar-refractivity contribution in [2.45, 2.75) is 31.3 Å². The minimum Gasteiger partial charge on any atom is -0.354 e. The molecule has 0 aromatic heterocycles. The number of carbonyl (C=O) groups excluding carboxylic acids is 3. The molecule has 0 radical (unpaired) electrons. The standard InChI is InChI=1S/C21H23N3O3/c25-19(16-10-5-2-6-11-16)24-18(14-15-8-3-1-4-9-15)21(27)23-17-12-7-13-22-20(17)26/h1-6,8-11,17-18H,7,12-14H2,(H,22,26)(H,23,27)(H,24,25)/t17-,18+/m0/s1. The average molecular weight is 365 g/mol. The van der Waals surface area contributed by atoms with Gasteiger partial charge in [0.1, 0.15) is 12.1 Å². The second-order valence-electron chi connectivity index (χ2n) is 6.58. The molecule has 2 aromatic rings. The molecule has 0 bridgehead atoms. The maximum atomic E-state index is 12.8. The lowest BCUT2D eigenvalue weighted by molar-refractivity contribution is -0.130. The monoisotopic (exact) mass is 365 g/mol. The summed E-state index contributed by atoms with van der Waals surface area (Å²) in [6.07, 6.45) is 1.76. The van der Waals surface area contributed by atoms with Crippen LogP contribution in [0.15, 0.2) is 60.7 Å². The number of hydrogen-bond acceptors (Lipinski definition) is 3. The zero-order chi connectivity index (χ0) is 19.1. The highest BCUT2D eigenvalue weighted by Gasteiger charge is 2.28. The van der Waals surface area contributed by atoms with Crippen molar-refractivity contribution in [2.24, 2.45) is 0 Å². The summed E-state index contributed by atoms with van der Waals surface area (Å²) in [6, 6.07) is 16.9. The van der Waals surface area contributed by atoms with Crippen LogP contribution in [0.3, 0.4) is 0 Å². The van der Waals surface area contributed by atoms with E-state index in [2.05, 4.69) is 16.0 Å². The van der Waals surface area contributed by atoms with Gasteiger partial charge < -0.3 is 16.0 Å². The molecule has 1 heterocycles. The number of rotatable bonds is 6. The van der Waals surface area contributed by atoms with Gasteiger partial charge in [-0.05, 0) is 30.5 Å². The summed E-state index contributed by atoms with van der Waals surface area (Å²) in [4.78, 5) is 37.3. The first-order valence-corrected chi connectivity index (χ1v) is 9.11. The molecule has 2 aromatic carbocycles. The maximum Gasteiger partial charge on any atom is 0.251 e. The van der Waals surface area contributed by atoms with Crippen LogP contribution in [0, 0.1) is 0 Å². The first kappa shape index (κ1) is 18.6. The third-order valence-corrected chi connectivity index (χ3v) is 4.54. The van der Waals surface area contributed by atoms with Gasteiger partial charge in [-0.3, -0.25) is 14.4 Å². The van der Waals surface area contributed by atoms with E-state index in [4.69, 9.17) is 0 Å². The molecule has 6 nitrogen and oxygen atoms in total. The first-order valence-electron chi connectivity index (χ1n) is 9.11. The van der Waals surface area contributed by atoms with Gasteiger partial charge in [0.15, 0.2) is 0 Å². The van der Waals surface area contributed by atoms with Gasteiger partial charge in [-0.15, -0.1) is 0 Å². The predicted octanol–water partition coefficient (Wildman–Crippen LogP) is 1.42. The van der Waals surface area contributed by atoms with E-state index in [1.165, 1.54) is 0 Å². The Labute approximate surface area is 158 Å². The van der Waals surface area contributed by atoms with Gasteiger partial charge in [0.05, 0.1) is 0 Å². The summed E-state index contributed by atoms with van der Waals surface area (Å²) >= 11 is 0. The van der Waals surface area contributed by atoms with Crippen LogP contribution in [0.25, 0.3) is 0 Å². The Bertz CT molecular complexity index is 793. The third-order valence-electron chi connectivity index (χ3n) is 4.54. The van der Waals surface area contributed by atoms with Crippen LogP contribution < -0.4 is 16.0 Å². The molecule has 1 saturated heterocycles. The van der Waals surface area contributed by atoms with Crippen LogP contribution in [0.5, 0.6) is 0 Å². The van der Waals surface area contributed by atoms with Crippen molar-refractivity contribution in [3.05, 3.63) is 71.8 Å². The number of amides is 3. The highest BCUT2D eigenvalue weighted by molar-refractivity contribution is 5.98. The highest BCUT2D eigenvalue weighted by Crippen LogP contribution is 2.08. The number of carbonyl (C=O) groups is 3. The van der Waals surface area contributed by atoms with Crippen LogP contribution in [0.2, 0.25) is 0 Å². The second kappa shape index (κ2) is 8.98. The number of piperidine rings is 1. The van der Waals surface area contributed by atoms with Crippen LogP contribution >= 0.6 is 0 Å². The summed E-state index contributed by atoms with van der Waals surface area (Å²) in [5.74, 6) is -0.854. The van der Waals surface area contributed by atoms with Crippen molar-refractivity contribution in [1.82, 2.24) is 16.0 Å². The summed E-state index contributed by atoms with van der Waals surface area (Å²) < 4.78 is 0. The Balaban J connectivity index is 1.73. The summed E-state index contributed by atoms with van der Waals surface area (Å²) in [6.45, 7) is 0.628. The quantitative estimate of drug-likeness (QED) is 0.724. The fourth-order valence-corrected chi connectivity index (χ4v) is 3.07. The average Bonchev–Trinajstić information content (AvgIpc) is 2.70. The van der Waals surface area contributed by atoms with Crippen LogP contribution in [0.4, 0.5) is 0 Å². The molecule has 0 aliphatic carbocycles. The normalized spacial score (nSPS) is 17.5. The van der Waals surface area contributed by atoms with E-state index in [0.29, 0.717) is 24.9 Å². The Morgan fingerprint density at radius 3 is 2.37 bits per heavy atom. The zero-order valence-corrected chi connectivity index (χ0v) is 15.0. The van der Waals surface area contributed by atoms with Gasteiger partial charge in [-0.1, -0.05) is 48.5 Å². The lowest BCUT2D eigenvalue weighted by atomic mass is 10.0. The topological polar surface area (TPSA) is 87.3 Å². The molecule has 0 spiro atoms. The zero-order valence-electron chi connectivity index (χ0n) is 15.0. The number of benzene rings is 2. The molecule has 6 heteroatoms. The molecule has 3 amide bonds. The van der Waals surface area contributed by atoms with Crippen molar-refractivity contribution in [2.75, 3.05) is 6.54 Å². The van der Waals surface area contributed by atoms with E-state index in [-0.39, 0.29) is 17.7 Å². The Morgan fingerprint density at radius 1 is 1.04 bits per heavy atom. The van der Waals surface area contributed by atoms with Crippen molar-refractivity contribution >= 4 is 17.7 Å². The van der Waals surface area contributed by atoms with Gasteiger partial charge in [0.25, 0.3) is 5.91 Å². The molecule has 1 aliphatic rings. The van der Waals surface area contributed by atoms with Gasteiger partial charge in [0.2, 0.25) is 11.8 Å². The molecule has 0 saturated carbocycles. The molecule has 0 unspecified atom stereocenters. The van der Waals surface area contributed by atoms with Gasteiger partial charge >= 0.3 is 0 Å². The molecule has 3 rings (SSSR count). The van der Waals surface area contributed by atoms with Crippen molar-refractivity contribution < 1.29 is 14.4 Å². The molecular weight excluding hydrogens is 342 g/mol. The fourth-order valence-electron chi connectivity index (χ4n) is 3.07. The highest BCUT2D eigenvalue weighted by atomic mass is 16.2. The second-order valence-corrected chi connectivity index (χ2v) is 6.58. The molecule has 1 aliphatic heterocycles. The molecule has 2 atom stereocenters. The SMILES string of the molecule is O=C(N[C@H](Cc1ccccc1)C(=O)N[C@H]1CCCNC1=O)c1ccccc1. The molecular formula is C21H23N3O3. The Hall–Kier alpha value is -3.15. The van der Waals surface area contributed by atoms with Gasteiger partial charge in [0, 0.05) is 18.5 Å². The lowest BCUT2D eigenvalue weighted by Gasteiger charge is -2.26. The summed E-state index contributed by atoms with van der Waals surface area (Å²) in [7, 11) is 0. The van der Waals surface area contributed by atoms with Gasteiger partial charge in [-0.25, -0.2) is 0 Å². The van der Waals surface area contributed by atoms with Crippen molar-refractivity contribution in [3.63, 3.8) is 0 Å². The van der Waals surface area contributed by atoms with Crippen LogP contribution in [-0.2, 0) is 16.0 Å². The molecule has 3 N–H and O–H groups in total. The lowest BCUT2D eigenvalue weighted by Crippen LogP contribution is -2.56. The van der Waals surface area contributed by atoms with E-state index in [0.717, 1.165) is 12.0 Å². The minimum absolute atomic E-state index is 0.178. The van der Waals surface area contributed by atoms with E-state index in [1.54, 1.807) is 24.3 Å². The molecule has 1 fully saturated rings. The van der Waals surface area contributed by atoms with Crippen LogP contribution in [0.1, 0.15) is 28.8 Å². The first-order chi connectivity index (χ1) is 13.1. The maximum absolute atomic E-state index is 12.8. The smallest absolute Gasteiger partial charge is 0.251 e. The van der Waals surface area contributed by atoms with E-state index < -0.39 is 12.1 Å².